The summed E-state index contributed by atoms with van der Waals surface area (Å²) in [4.78, 5) is 16.4. The normalized spacial score (nSPS) is 11.4. The van der Waals surface area contributed by atoms with E-state index in [4.69, 9.17) is 0 Å². The van der Waals surface area contributed by atoms with Crippen LogP contribution >= 0.6 is 0 Å². The van der Waals surface area contributed by atoms with Gasteiger partial charge in [0.15, 0.2) is 0 Å². The van der Waals surface area contributed by atoms with E-state index in [1.165, 1.54) is 0 Å². The van der Waals surface area contributed by atoms with Crippen LogP contribution in [0, 0.1) is 0 Å². The third-order valence-electron chi connectivity index (χ3n) is 3.19. The third kappa shape index (κ3) is 3.41. The Morgan fingerprint density at radius 2 is 2.11 bits per heavy atom. The summed E-state index contributed by atoms with van der Waals surface area (Å²) in [5.41, 5.74) is 2.03. The lowest BCUT2D eigenvalue weighted by atomic mass is 10.2. The molecule has 0 saturated carbocycles. The van der Waals surface area contributed by atoms with Crippen LogP contribution in [0.3, 0.4) is 0 Å². The predicted octanol–water partition coefficient (Wildman–Crippen LogP) is 2.07. The molecule has 0 radical (unpaired) electrons. The number of hydrogen-bond acceptors (Lipinski definition) is 3. The minimum absolute atomic E-state index is 0.228. The molecule has 1 heterocycles. The van der Waals surface area contributed by atoms with Crippen LogP contribution in [0.1, 0.15) is 26.1 Å². The quantitative estimate of drug-likeness (QED) is 0.864. The van der Waals surface area contributed by atoms with Crippen LogP contribution in [-0.2, 0) is 18.3 Å². The summed E-state index contributed by atoms with van der Waals surface area (Å²) in [5.74, 6) is 1.07. The molecule has 0 aliphatic rings. The first-order valence-corrected chi connectivity index (χ1v) is 6.73. The molecule has 1 N–H and O–H groups in total. The molecule has 0 aliphatic heterocycles. The first-order chi connectivity index (χ1) is 9.08. The summed E-state index contributed by atoms with van der Waals surface area (Å²) in [6.45, 7) is 4.90. The maximum absolute atomic E-state index is 11.9. The SMILES string of the molecule is CC(C)NCCC(=O)Cc1nc2ccccc2n1C. The van der Waals surface area contributed by atoms with E-state index in [2.05, 4.69) is 24.1 Å². The van der Waals surface area contributed by atoms with Crippen molar-refractivity contribution >= 4 is 16.8 Å². The van der Waals surface area contributed by atoms with Crippen molar-refractivity contribution in [1.29, 1.82) is 0 Å². The highest BCUT2D eigenvalue weighted by Crippen LogP contribution is 2.14. The van der Waals surface area contributed by atoms with Gasteiger partial charge < -0.3 is 9.88 Å². The zero-order valence-electron chi connectivity index (χ0n) is 11.8. The van der Waals surface area contributed by atoms with Crippen molar-refractivity contribution in [2.24, 2.45) is 7.05 Å². The van der Waals surface area contributed by atoms with Crippen molar-refractivity contribution in [3.05, 3.63) is 30.1 Å². The molecule has 0 spiro atoms. The zero-order chi connectivity index (χ0) is 13.8. The monoisotopic (exact) mass is 259 g/mol. The molecule has 2 rings (SSSR count). The van der Waals surface area contributed by atoms with Crippen LogP contribution < -0.4 is 5.32 Å². The summed E-state index contributed by atoms with van der Waals surface area (Å²) in [5, 5.41) is 3.26. The molecule has 2 aromatic rings. The van der Waals surface area contributed by atoms with E-state index in [0.29, 0.717) is 18.9 Å². The largest absolute Gasteiger partial charge is 0.331 e. The van der Waals surface area contributed by atoms with Crippen molar-refractivity contribution < 1.29 is 4.79 Å². The highest BCUT2D eigenvalue weighted by atomic mass is 16.1. The predicted molar refractivity (Wildman–Crippen MR) is 77.2 cm³/mol. The molecular formula is C15H21N3O. The van der Waals surface area contributed by atoms with E-state index in [-0.39, 0.29) is 5.78 Å². The number of hydrogen-bond donors (Lipinski definition) is 1. The van der Waals surface area contributed by atoms with Crippen LogP contribution in [0.4, 0.5) is 0 Å². The van der Waals surface area contributed by atoms with Gasteiger partial charge in [0.2, 0.25) is 0 Å². The first-order valence-electron chi connectivity index (χ1n) is 6.73. The van der Waals surface area contributed by atoms with E-state index in [1.54, 1.807) is 0 Å². The van der Waals surface area contributed by atoms with Gasteiger partial charge in [-0.05, 0) is 12.1 Å². The minimum Gasteiger partial charge on any atom is -0.331 e. The average molecular weight is 259 g/mol. The number of benzene rings is 1. The Labute approximate surface area is 113 Å². The molecule has 4 heteroatoms. The van der Waals surface area contributed by atoms with Crippen molar-refractivity contribution in [2.45, 2.75) is 32.7 Å². The molecule has 0 aliphatic carbocycles. The number of ketones is 1. The molecular weight excluding hydrogens is 238 g/mol. The van der Waals surface area contributed by atoms with Gasteiger partial charge >= 0.3 is 0 Å². The van der Waals surface area contributed by atoms with E-state index in [9.17, 15) is 4.79 Å². The van der Waals surface area contributed by atoms with Gasteiger partial charge in [-0.2, -0.15) is 0 Å². The van der Waals surface area contributed by atoms with Crippen LogP contribution in [0.15, 0.2) is 24.3 Å². The molecule has 1 aromatic heterocycles. The van der Waals surface area contributed by atoms with E-state index >= 15 is 0 Å². The summed E-state index contributed by atoms with van der Waals surface area (Å²) in [7, 11) is 1.96. The number of carbonyl (C=O) groups excluding carboxylic acids is 1. The van der Waals surface area contributed by atoms with Gasteiger partial charge in [0.25, 0.3) is 0 Å². The highest BCUT2D eigenvalue weighted by Gasteiger charge is 2.11. The minimum atomic E-state index is 0.228. The van der Waals surface area contributed by atoms with Gasteiger partial charge in [0, 0.05) is 26.1 Å². The van der Waals surface area contributed by atoms with Gasteiger partial charge in [-0.25, -0.2) is 4.98 Å². The van der Waals surface area contributed by atoms with Gasteiger partial charge in [-0.15, -0.1) is 0 Å². The molecule has 0 atom stereocenters. The van der Waals surface area contributed by atoms with Crippen molar-refractivity contribution in [3.63, 3.8) is 0 Å². The van der Waals surface area contributed by atoms with E-state index in [1.807, 2.05) is 35.9 Å². The van der Waals surface area contributed by atoms with Gasteiger partial charge in [-0.3, -0.25) is 4.79 Å². The lowest BCUT2D eigenvalue weighted by molar-refractivity contribution is -0.118. The standard InChI is InChI=1S/C15H21N3O/c1-11(2)16-9-8-12(19)10-15-17-13-6-4-5-7-14(13)18(15)3/h4-7,11,16H,8-10H2,1-3H3. The number of nitrogens with zero attached hydrogens (tertiary/aromatic N) is 2. The summed E-state index contributed by atoms with van der Waals surface area (Å²) >= 11 is 0. The summed E-state index contributed by atoms with van der Waals surface area (Å²) < 4.78 is 2.00. The number of imidazole rings is 1. The van der Waals surface area contributed by atoms with Crippen LogP contribution in [0.25, 0.3) is 11.0 Å². The lowest BCUT2D eigenvalue weighted by Gasteiger charge is -2.07. The Hall–Kier alpha value is -1.68. The van der Waals surface area contributed by atoms with Crippen LogP contribution in [0.2, 0.25) is 0 Å². The molecule has 0 unspecified atom stereocenters. The van der Waals surface area contributed by atoms with Crippen molar-refractivity contribution in [1.82, 2.24) is 14.9 Å². The number of fused-ring (bicyclic) bond motifs is 1. The molecule has 19 heavy (non-hydrogen) atoms. The zero-order valence-corrected chi connectivity index (χ0v) is 11.8. The maximum Gasteiger partial charge on any atom is 0.141 e. The number of carbonyl (C=O) groups is 1. The number of aromatic nitrogens is 2. The topological polar surface area (TPSA) is 46.9 Å². The Bertz CT molecular complexity index is 572. The highest BCUT2D eigenvalue weighted by molar-refractivity contribution is 5.82. The number of aryl methyl sites for hydroxylation is 1. The third-order valence-corrected chi connectivity index (χ3v) is 3.19. The Kier molecular flexibility index (Phi) is 4.32. The lowest BCUT2D eigenvalue weighted by Crippen LogP contribution is -2.26. The number of rotatable bonds is 6. The van der Waals surface area contributed by atoms with Gasteiger partial charge in [-0.1, -0.05) is 26.0 Å². The fourth-order valence-electron chi connectivity index (χ4n) is 2.12. The molecule has 1 aromatic carbocycles. The second kappa shape index (κ2) is 5.97. The fraction of sp³-hybridized carbons (Fsp3) is 0.467. The smallest absolute Gasteiger partial charge is 0.141 e. The molecule has 102 valence electrons. The number of nitrogens with one attached hydrogen (secondary N) is 1. The molecule has 0 fully saturated rings. The van der Waals surface area contributed by atoms with E-state index < -0.39 is 0 Å². The molecule has 0 saturated heterocycles. The van der Waals surface area contributed by atoms with Gasteiger partial charge in [0.05, 0.1) is 17.5 Å². The average Bonchev–Trinajstić information content (AvgIpc) is 2.66. The second-order valence-electron chi connectivity index (χ2n) is 5.15. The number of Topliss-reactive ketones (excluding diaryl/α,β-unsaturated/α-hetero) is 1. The first kappa shape index (κ1) is 13.7. The molecule has 0 bridgehead atoms. The van der Waals surface area contributed by atoms with Gasteiger partial charge in [0.1, 0.15) is 11.6 Å². The fourth-order valence-corrected chi connectivity index (χ4v) is 2.12. The second-order valence-corrected chi connectivity index (χ2v) is 5.15. The van der Waals surface area contributed by atoms with Crippen molar-refractivity contribution in [2.75, 3.05) is 6.54 Å². The van der Waals surface area contributed by atoms with E-state index in [0.717, 1.165) is 23.4 Å². The van der Waals surface area contributed by atoms with Crippen molar-refractivity contribution in [3.8, 4) is 0 Å². The van der Waals surface area contributed by atoms with Crippen LogP contribution in [0.5, 0.6) is 0 Å². The number of para-hydroxylation sites is 2. The maximum atomic E-state index is 11.9. The summed E-state index contributed by atoms with van der Waals surface area (Å²) in [6, 6.07) is 8.37. The Morgan fingerprint density at radius 3 is 2.79 bits per heavy atom. The van der Waals surface area contributed by atoms with Crippen LogP contribution in [-0.4, -0.2) is 27.9 Å². The Morgan fingerprint density at radius 1 is 1.37 bits per heavy atom. The molecule has 4 nitrogen and oxygen atoms in total. The molecule has 0 amide bonds. The summed E-state index contributed by atoms with van der Waals surface area (Å²) in [6.07, 6.45) is 0.965. The Balaban J connectivity index is 2.01.